The number of amides is 2. The first kappa shape index (κ1) is 25.9. The predicted molar refractivity (Wildman–Crippen MR) is 138 cm³/mol. The third kappa shape index (κ3) is 6.05. The van der Waals surface area contributed by atoms with Gasteiger partial charge in [-0.3, -0.25) is 14.5 Å². The molecule has 1 saturated heterocycles. The molecule has 0 spiro atoms. The highest BCUT2D eigenvalue weighted by molar-refractivity contribution is 5.94. The topological polar surface area (TPSA) is 55.9 Å². The molecule has 0 aromatic heterocycles. The van der Waals surface area contributed by atoms with Gasteiger partial charge in [0, 0.05) is 56.9 Å². The minimum atomic E-state index is 0.0753. The van der Waals surface area contributed by atoms with Crippen molar-refractivity contribution in [1.82, 2.24) is 20.0 Å². The largest absolute Gasteiger partial charge is 0.339 e. The Kier molecular flexibility index (Phi) is 9.66. The molecule has 3 rings (SSSR count). The minimum absolute atomic E-state index is 0.0753. The van der Waals surface area contributed by atoms with E-state index in [2.05, 4.69) is 34.5 Å². The van der Waals surface area contributed by atoms with Crippen molar-refractivity contribution in [2.24, 2.45) is 0 Å². The van der Waals surface area contributed by atoms with Crippen LogP contribution in [0.5, 0.6) is 0 Å². The first-order valence-corrected chi connectivity index (χ1v) is 12.8. The van der Waals surface area contributed by atoms with Crippen LogP contribution >= 0.6 is 0 Å². The molecule has 0 unspecified atom stereocenters. The average Bonchev–Trinajstić information content (AvgIpc) is 3.16. The van der Waals surface area contributed by atoms with Crippen LogP contribution < -0.4 is 5.32 Å². The predicted octanol–water partition coefficient (Wildman–Crippen LogP) is 4.04. The molecule has 1 fully saturated rings. The molecular weight excluding hydrogens is 424 g/mol. The molecule has 0 radical (unpaired) electrons. The molecule has 2 aromatic carbocycles. The van der Waals surface area contributed by atoms with E-state index in [1.54, 1.807) is 0 Å². The van der Waals surface area contributed by atoms with Crippen molar-refractivity contribution in [2.45, 2.75) is 40.2 Å². The standard InChI is InChI=1S/C28H40N4O2/c1-5-30(6-2)27(33)24-14-10-22(11-15-24)26(32-20-9-18-29-19-21-32)23-12-16-25(17-13-23)28(34)31(7-3)8-4/h10-17,26,29H,5-9,18-21H2,1-4H3. The highest BCUT2D eigenvalue weighted by Gasteiger charge is 2.24. The van der Waals surface area contributed by atoms with Crippen molar-refractivity contribution in [1.29, 1.82) is 0 Å². The normalized spacial score (nSPS) is 14.6. The van der Waals surface area contributed by atoms with Crippen LogP contribution in [-0.2, 0) is 0 Å². The fourth-order valence-corrected chi connectivity index (χ4v) is 4.74. The second-order valence-corrected chi connectivity index (χ2v) is 8.74. The number of hydrogen-bond donors (Lipinski definition) is 1. The zero-order chi connectivity index (χ0) is 24.5. The fraction of sp³-hybridized carbons (Fsp3) is 0.500. The summed E-state index contributed by atoms with van der Waals surface area (Å²) in [6.45, 7) is 14.8. The summed E-state index contributed by atoms with van der Waals surface area (Å²) in [5.74, 6) is 0.151. The maximum Gasteiger partial charge on any atom is 0.253 e. The first-order valence-electron chi connectivity index (χ1n) is 12.8. The monoisotopic (exact) mass is 464 g/mol. The van der Waals surface area contributed by atoms with Crippen LogP contribution in [0.2, 0.25) is 0 Å². The second kappa shape index (κ2) is 12.7. The van der Waals surface area contributed by atoms with Crippen molar-refractivity contribution in [3.8, 4) is 0 Å². The molecule has 6 heteroatoms. The summed E-state index contributed by atoms with van der Waals surface area (Å²) in [5, 5.41) is 3.49. The Morgan fingerprint density at radius 1 is 0.735 bits per heavy atom. The molecule has 34 heavy (non-hydrogen) atoms. The molecule has 6 nitrogen and oxygen atoms in total. The fourth-order valence-electron chi connectivity index (χ4n) is 4.74. The van der Waals surface area contributed by atoms with Crippen molar-refractivity contribution in [2.75, 3.05) is 52.4 Å². The van der Waals surface area contributed by atoms with E-state index in [-0.39, 0.29) is 17.9 Å². The van der Waals surface area contributed by atoms with Gasteiger partial charge < -0.3 is 15.1 Å². The molecule has 2 aromatic rings. The molecule has 1 aliphatic heterocycles. The van der Waals surface area contributed by atoms with Gasteiger partial charge in [-0.25, -0.2) is 0 Å². The van der Waals surface area contributed by atoms with Gasteiger partial charge in [0.2, 0.25) is 0 Å². The highest BCUT2D eigenvalue weighted by atomic mass is 16.2. The molecule has 0 aliphatic carbocycles. The molecule has 2 amide bonds. The van der Waals surface area contributed by atoms with Crippen LogP contribution in [0, 0.1) is 0 Å². The Hall–Kier alpha value is -2.70. The van der Waals surface area contributed by atoms with Crippen molar-refractivity contribution in [3.05, 3.63) is 70.8 Å². The van der Waals surface area contributed by atoms with Crippen LogP contribution in [0.3, 0.4) is 0 Å². The van der Waals surface area contributed by atoms with E-state index in [9.17, 15) is 9.59 Å². The van der Waals surface area contributed by atoms with Crippen molar-refractivity contribution < 1.29 is 9.59 Å². The number of benzene rings is 2. The lowest BCUT2D eigenvalue weighted by Crippen LogP contribution is -2.33. The molecule has 0 atom stereocenters. The van der Waals surface area contributed by atoms with Gasteiger partial charge in [0.1, 0.15) is 0 Å². The number of hydrogen-bond acceptors (Lipinski definition) is 4. The van der Waals surface area contributed by atoms with E-state index in [1.807, 2.05) is 61.8 Å². The van der Waals surface area contributed by atoms with E-state index in [0.717, 1.165) is 43.7 Å². The Balaban J connectivity index is 1.92. The third-order valence-electron chi connectivity index (χ3n) is 6.79. The van der Waals surface area contributed by atoms with Crippen molar-refractivity contribution in [3.63, 3.8) is 0 Å². The van der Waals surface area contributed by atoms with E-state index in [4.69, 9.17) is 0 Å². The van der Waals surface area contributed by atoms with Gasteiger partial charge >= 0.3 is 0 Å². The van der Waals surface area contributed by atoms with Crippen LogP contribution in [0.25, 0.3) is 0 Å². The number of rotatable bonds is 9. The molecular formula is C28H40N4O2. The number of carbonyl (C=O) groups excluding carboxylic acids is 2. The van der Waals surface area contributed by atoms with Crippen molar-refractivity contribution >= 4 is 11.8 Å². The summed E-state index contributed by atoms with van der Waals surface area (Å²) in [6, 6.07) is 16.3. The molecule has 1 N–H and O–H groups in total. The van der Waals surface area contributed by atoms with Crippen LogP contribution in [0.1, 0.15) is 72.0 Å². The summed E-state index contributed by atoms with van der Waals surface area (Å²) in [4.78, 5) is 31.8. The average molecular weight is 465 g/mol. The summed E-state index contributed by atoms with van der Waals surface area (Å²) >= 11 is 0. The van der Waals surface area contributed by atoms with Gasteiger partial charge in [0.15, 0.2) is 0 Å². The quantitative estimate of drug-likeness (QED) is 0.609. The minimum Gasteiger partial charge on any atom is -0.339 e. The zero-order valence-electron chi connectivity index (χ0n) is 21.2. The Labute approximate surface area is 204 Å². The van der Waals surface area contributed by atoms with Gasteiger partial charge in [-0.05, 0) is 76.1 Å². The third-order valence-corrected chi connectivity index (χ3v) is 6.79. The van der Waals surface area contributed by atoms with Crippen LogP contribution in [0.15, 0.2) is 48.5 Å². The first-order chi connectivity index (χ1) is 16.5. The molecule has 0 saturated carbocycles. The van der Waals surface area contributed by atoms with Crippen LogP contribution in [0.4, 0.5) is 0 Å². The van der Waals surface area contributed by atoms with E-state index in [0.29, 0.717) is 26.2 Å². The van der Waals surface area contributed by atoms with E-state index >= 15 is 0 Å². The summed E-state index contributed by atoms with van der Waals surface area (Å²) in [6.07, 6.45) is 1.09. The molecule has 1 aliphatic rings. The number of nitrogens with zero attached hydrogens (tertiary/aromatic N) is 3. The van der Waals surface area contributed by atoms with Gasteiger partial charge in [0.25, 0.3) is 11.8 Å². The van der Waals surface area contributed by atoms with Gasteiger partial charge in [0.05, 0.1) is 6.04 Å². The number of carbonyl (C=O) groups is 2. The molecule has 0 bridgehead atoms. The van der Waals surface area contributed by atoms with E-state index < -0.39 is 0 Å². The Morgan fingerprint density at radius 3 is 1.59 bits per heavy atom. The van der Waals surface area contributed by atoms with E-state index in [1.165, 1.54) is 11.1 Å². The highest BCUT2D eigenvalue weighted by Crippen LogP contribution is 2.30. The SMILES string of the molecule is CCN(CC)C(=O)c1ccc(C(c2ccc(C(=O)N(CC)CC)cc2)N2CCCNCC2)cc1. The summed E-state index contributed by atoms with van der Waals surface area (Å²) in [7, 11) is 0. The van der Waals surface area contributed by atoms with Gasteiger partial charge in [-0.1, -0.05) is 24.3 Å². The lowest BCUT2D eigenvalue weighted by Gasteiger charge is -2.31. The Morgan fingerprint density at radius 2 is 1.18 bits per heavy atom. The lowest BCUT2D eigenvalue weighted by molar-refractivity contribution is 0.0765. The van der Waals surface area contributed by atoms with Gasteiger partial charge in [-0.2, -0.15) is 0 Å². The van der Waals surface area contributed by atoms with Gasteiger partial charge in [-0.15, -0.1) is 0 Å². The van der Waals surface area contributed by atoms with Crippen LogP contribution in [-0.4, -0.2) is 78.9 Å². The smallest absolute Gasteiger partial charge is 0.253 e. The number of nitrogens with one attached hydrogen (secondary N) is 1. The second-order valence-electron chi connectivity index (χ2n) is 8.74. The maximum atomic E-state index is 12.8. The molecule has 1 heterocycles. The summed E-state index contributed by atoms with van der Waals surface area (Å²) < 4.78 is 0. The zero-order valence-corrected chi connectivity index (χ0v) is 21.2. The Bertz CT molecular complexity index is 843. The molecule has 184 valence electrons. The summed E-state index contributed by atoms with van der Waals surface area (Å²) in [5.41, 5.74) is 3.79. The lowest BCUT2D eigenvalue weighted by atomic mass is 9.94. The maximum absolute atomic E-state index is 12.8.